The molecule has 1 saturated heterocycles. The Bertz CT molecular complexity index is 663. The molecule has 0 spiro atoms. The average molecular weight is 323 g/mol. The minimum atomic E-state index is -0.371. The molecule has 3 heteroatoms. The van der Waals surface area contributed by atoms with Crippen molar-refractivity contribution in [2.45, 2.75) is 32.1 Å². The van der Waals surface area contributed by atoms with E-state index in [0.29, 0.717) is 6.61 Å². The molecule has 1 unspecified atom stereocenters. The Balaban J connectivity index is 2.03. The van der Waals surface area contributed by atoms with E-state index in [4.69, 9.17) is 4.74 Å². The average Bonchev–Trinajstić information content (AvgIpc) is 2.64. The van der Waals surface area contributed by atoms with Gasteiger partial charge in [-0.1, -0.05) is 48.5 Å². The Labute approximate surface area is 144 Å². The van der Waals surface area contributed by atoms with Crippen molar-refractivity contribution in [3.63, 3.8) is 0 Å². The molecule has 1 aliphatic heterocycles. The summed E-state index contributed by atoms with van der Waals surface area (Å²) >= 11 is 0. The minimum Gasteiger partial charge on any atom is -0.465 e. The Kier molecular flexibility index (Phi) is 5.52. The molecule has 1 heterocycles. The minimum absolute atomic E-state index is 0.173. The fourth-order valence-corrected chi connectivity index (χ4v) is 3.47. The van der Waals surface area contributed by atoms with E-state index < -0.39 is 0 Å². The Morgan fingerprint density at radius 1 is 1.00 bits per heavy atom. The number of ether oxygens (including phenoxy) is 1. The molecule has 0 saturated carbocycles. The molecule has 2 aromatic rings. The summed E-state index contributed by atoms with van der Waals surface area (Å²) in [6.07, 6.45) is 3.71. The summed E-state index contributed by atoms with van der Waals surface area (Å²) in [6.45, 7) is 4.37. The van der Waals surface area contributed by atoms with Crippen LogP contribution in [0.15, 0.2) is 54.6 Å². The van der Waals surface area contributed by atoms with Gasteiger partial charge in [0.1, 0.15) is 5.92 Å². The van der Waals surface area contributed by atoms with Gasteiger partial charge in [0.05, 0.1) is 6.61 Å². The SMILES string of the molecule is CCOC(=O)C(c1ccccc1)c1ccccc1N1CCCCC1. The zero-order valence-electron chi connectivity index (χ0n) is 14.3. The fraction of sp³-hybridized carbons (Fsp3) is 0.381. The fourth-order valence-electron chi connectivity index (χ4n) is 3.47. The van der Waals surface area contributed by atoms with Crippen molar-refractivity contribution in [2.24, 2.45) is 0 Å². The molecule has 126 valence electrons. The molecule has 24 heavy (non-hydrogen) atoms. The lowest BCUT2D eigenvalue weighted by Crippen LogP contribution is -2.31. The van der Waals surface area contributed by atoms with Crippen LogP contribution in [-0.4, -0.2) is 25.7 Å². The number of para-hydroxylation sites is 1. The Morgan fingerprint density at radius 3 is 2.38 bits per heavy atom. The van der Waals surface area contributed by atoms with E-state index in [2.05, 4.69) is 23.1 Å². The Hall–Kier alpha value is -2.29. The smallest absolute Gasteiger partial charge is 0.317 e. The molecule has 1 atom stereocenters. The summed E-state index contributed by atoms with van der Waals surface area (Å²) in [4.78, 5) is 15.1. The Morgan fingerprint density at radius 2 is 1.67 bits per heavy atom. The van der Waals surface area contributed by atoms with Crippen LogP contribution in [0.5, 0.6) is 0 Å². The quantitative estimate of drug-likeness (QED) is 0.765. The van der Waals surface area contributed by atoms with E-state index in [1.54, 1.807) is 0 Å². The van der Waals surface area contributed by atoms with Gasteiger partial charge < -0.3 is 9.64 Å². The highest BCUT2D eigenvalue weighted by atomic mass is 16.5. The number of benzene rings is 2. The van der Waals surface area contributed by atoms with Crippen molar-refractivity contribution < 1.29 is 9.53 Å². The summed E-state index contributed by atoms with van der Waals surface area (Å²) in [5.74, 6) is -0.544. The van der Waals surface area contributed by atoms with Crippen LogP contribution >= 0.6 is 0 Å². The number of carbonyl (C=O) groups excluding carboxylic acids is 1. The predicted molar refractivity (Wildman–Crippen MR) is 97.4 cm³/mol. The van der Waals surface area contributed by atoms with Gasteiger partial charge in [-0.3, -0.25) is 4.79 Å². The summed E-state index contributed by atoms with van der Waals surface area (Å²) in [5.41, 5.74) is 3.20. The molecular formula is C21H25NO2. The van der Waals surface area contributed by atoms with Crippen LogP contribution in [0.4, 0.5) is 5.69 Å². The normalized spacial score (nSPS) is 15.8. The van der Waals surface area contributed by atoms with Gasteiger partial charge in [-0.2, -0.15) is 0 Å². The maximum atomic E-state index is 12.7. The molecule has 3 rings (SSSR count). The van der Waals surface area contributed by atoms with Crippen molar-refractivity contribution in [2.75, 3.05) is 24.6 Å². The van der Waals surface area contributed by atoms with Crippen molar-refractivity contribution >= 4 is 11.7 Å². The highest BCUT2D eigenvalue weighted by molar-refractivity contribution is 5.84. The second kappa shape index (κ2) is 8.00. The first-order valence-corrected chi connectivity index (χ1v) is 8.86. The number of carbonyl (C=O) groups is 1. The second-order valence-electron chi connectivity index (χ2n) is 6.20. The topological polar surface area (TPSA) is 29.5 Å². The van der Waals surface area contributed by atoms with Gasteiger partial charge in [-0.15, -0.1) is 0 Å². The molecule has 0 bridgehead atoms. The monoisotopic (exact) mass is 323 g/mol. The third-order valence-electron chi connectivity index (χ3n) is 4.60. The van der Waals surface area contributed by atoms with Crippen LogP contribution in [0.1, 0.15) is 43.2 Å². The number of nitrogens with zero attached hydrogens (tertiary/aromatic N) is 1. The summed E-state index contributed by atoms with van der Waals surface area (Å²) < 4.78 is 5.40. The van der Waals surface area contributed by atoms with E-state index in [0.717, 1.165) is 24.2 Å². The number of anilines is 1. The van der Waals surface area contributed by atoms with Gasteiger partial charge in [0, 0.05) is 18.8 Å². The maximum absolute atomic E-state index is 12.7. The van der Waals surface area contributed by atoms with Crippen LogP contribution in [0.3, 0.4) is 0 Å². The van der Waals surface area contributed by atoms with E-state index in [9.17, 15) is 4.79 Å². The molecule has 1 fully saturated rings. The lowest BCUT2D eigenvalue weighted by atomic mass is 9.89. The number of hydrogen-bond acceptors (Lipinski definition) is 3. The molecule has 0 amide bonds. The van der Waals surface area contributed by atoms with Gasteiger partial charge in [-0.05, 0) is 43.4 Å². The number of esters is 1. The van der Waals surface area contributed by atoms with E-state index in [-0.39, 0.29) is 11.9 Å². The second-order valence-corrected chi connectivity index (χ2v) is 6.20. The summed E-state index contributed by atoms with van der Waals surface area (Å²) in [6, 6.07) is 18.2. The van der Waals surface area contributed by atoms with Gasteiger partial charge in [-0.25, -0.2) is 0 Å². The van der Waals surface area contributed by atoms with Crippen molar-refractivity contribution in [3.05, 3.63) is 65.7 Å². The lowest BCUT2D eigenvalue weighted by molar-refractivity contribution is -0.143. The molecule has 0 aliphatic carbocycles. The zero-order valence-corrected chi connectivity index (χ0v) is 14.3. The van der Waals surface area contributed by atoms with Gasteiger partial charge in [0.15, 0.2) is 0 Å². The first-order valence-electron chi connectivity index (χ1n) is 8.86. The molecule has 1 aliphatic rings. The molecule has 3 nitrogen and oxygen atoms in total. The van der Waals surface area contributed by atoms with Gasteiger partial charge >= 0.3 is 5.97 Å². The highest BCUT2D eigenvalue weighted by Crippen LogP contribution is 2.34. The molecule has 0 N–H and O–H groups in total. The number of hydrogen-bond donors (Lipinski definition) is 0. The number of piperidine rings is 1. The maximum Gasteiger partial charge on any atom is 0.317 e. The van der Waals surface area contributed by atoms with Gasteiger partial charge in [0.25, 0.3) is 0 Å². The molecule has 0 radical (unpaired) electrons. The molecule has 0 aromatic heterocycles. The highest BCUT2D eigenvalue weighted by Gasteiger charge is 2.28. The van der Waals surface area contributed by atoms with Crippen molar-refractivity contribution in [1.82, 2.24) is 0 Å². The van der Waals surface area contributed by atoms with Crippen molar-refractivity contribution in [1.29, 1.82) is 0 Å². The largest absolute Gasteiger partial charge is 0.465 e. The summed E-state index contributed by atoms with van der Waals surface area (Å²) in [7, 11) is 0. The first kappa shape index (κ1) is 16.6. The zero-order chi connectivity index (χ0) is 16.8. The third-order valence-corrected chi connectivity index (χ3v) is 4.60. The van der Waals surface area contributed by atoms with Crippen LogP contribution in [0, 0.1) is 0 Å². The van der Waals surface area contributed by atoms with Crippen LogP contribution < -0.4 is 4.90 Å². The van der Waals surface area contributed by atoms with E-state index >= 15 is 0 Å². The van der Waals surface area contributed by atoms with Crippen LogP contribution in [0.25, 0.3) is 0 Å². The standard InChI is InChI=1S/C21H25NO2/c1-2-24-21(23)20(17-11-5-3-6-12-17)18-13-7-8-14-19(18)22-15-9-4-10-16-22/h3,5-8,11-14,20H,2,4,9-10,15-16H2,1H3. The third kappa shape index (κ3) is 3.61. The number of rotatable bonds is 5. The van der Waals surface area contributed by atoms with Gasteiger partial charge in [0.2, 0.25) is 0 Å². The molecule has 2 aromatic carbocycles. The van der Waals surface area contributed by atoms with Crippen LogP contribution in [0.2, 0.25) is 0 Å². The van der Waals surface area contributed by atoms with Crippen molar-refractivity contribution in [3.8, 4) is 0 Å². The molecular weight excluding hydrogens is 298 g/mol. The lowest BCUT2D eigenvalue weighted by Gasteiger charge is -2.32. The summed E-state index contributed by atoms with van der Waals surface area (Å²) in [5, 5.41) is 0. The predicted octanol–water partition coefficient (Wildman–Crippen LogP) is 4.37. The first-order chi connectivity index (χ1) is 11.8. The van der Waals surface area contributed by atoms with E-state index in [1.165, 1.54) is 24.9 Å². The van der Waals surface area contributed by atoms with Crippen LogP contribution in [-0.2, 0) is 9.53 Å². The van der Waals surface area contributed by atoms with E-state index in [1.807, 2.05) is 43.3 Å².